The van der Waals surface area contributed by atoms with Crippen molar-refractivity contribution in [2.45, 2.75) is 77.1 Å². The molecule has 0 radical (unpaired) electrons. The fourth-order valence-corrected chi connectivity index (χ4v) is 10.3. The molecule has 4 nitrogen and oxygen atoms in total. The van der Waals surface area contributed by atoms with Gasteiger partial charge in [0.2, 0.25) is 5.91 Å². The molecule has 0 unspecified atom stereocenters. The third-order valence-corrected chi connectivity index (χ3v) is 12.0. The van der Waals surface area contributed by atoms with E-state index in [4.69, 9.17) is 10.2 Å². The molecule has 0 aromatic heterocycles. The lowest BCUT2D eigenvalue weighted by molar-refractivity contribution is -0.120. The molecule has 168 valence electrons. The molecule has 0 spiro atoms. The van der Waals surface area contributed by atoms with Crippen molar-refractivity contribution in [2.24, 2.45) is 11.7 Å². The maximum atomic E-state index is 12.5. The number of nitrogens with one attached hydrogen (secondary N) is 1. The molecule has 0 bridgehead atoms. The van der Waals surface area contributed by atoms with E-state index in [1.165, 1.54) is 10.4 Å². The van der Waals surface area contributed by atoms with Crippen LogP contribution < -0.4 is 21.4 Å². The first kappa shape index (κ1) is 23.7. The summed E-state index contributed by atoms with van der Waals surface area (Å²) in [5, 5.41) is 5.64. The molecule has 1 heterocycles. The third-order valence-electron chi connectivity index (χ3n) is 6.99. The van der Waals surface area contributed by atoms with Gasteiger partial charge in [-0.3, -0.25) is 4.79 Å². The number of rotatable bonds is 7. The number of amides is 1. The lowest BCUT2D eigenvalue weighted by Gasteiger charge is -2.49. The van der Waals surface area contributed by atoms with Crippen molar-refractivity contribution in [2.75, 3.05) is 0 Å². The maximum absolute atomic E-state index is 12.5. The van der Waals surface area contributed by atoms with Crippen LogP contribution in [0.4, 0.5) is 0 Å². The Morgan fingerprint density at radius 2 is 1.58 bits per heavy atom. The highest BCUT2D eigenvalue weighted by Crippen LogP contribution is 2.42. The lowest BCUT2D eigenvalue weighted by atomic mass is 9.78. The van der Waals surface area contributed by atoms with E-state index in [0.717, 1.165) is 6.42 Å². The molecular weight excluding hydrogens is 400 g/mol. The summed E-state index contributed by atoms with van der Waals surface area (Å²) in [6, 6.07) is 21.2. The molecule has 1 saturated heterocycles. The Kier molecular flexibility index (Phi) is 6.80. The first-order valence-electron chi connectivity index (χ1n) is 11.4. The number of hydrogen-bond donors (Lipinski definition) is 2. The van der Waals surface area contributed by atoms with Gasteiger partial charge in [0, 0.05) is 18.4 Å². The Morgan fingerprint density at radius 3 is 1.97 bits per heavy atom. The highest BCUT2D eigenvalue weighted by atomic mass is 28.4. The van der Waals surface area contributed by atoms with Crippen molar-refractivity contribution in [1.29, 1.82) is 0 Å². The fraction of sp³-hybridized carbons (Fsp3) is 0.500. The van der Waals surface area contributed by atoms with E-state index >= 15 is 0 Å². The minimum absolute atomic E-state index is 0.0307. The van der Waals surface area contributed by atoms with Crippen LogP contribution in [-0.2, 0) is 9.22 Å². The molecule has 1 amide bonds. The molecule has 31 heavy (non-hydrogen) atoms. The first-order valence-corrected chi connectivity index (χ1v) is 13.3. The van der Waals surface area contributed by atoms with E-state index in [1.807, 2.05) is 6.92 Å². The summed E-state index contributed by atoms with van der Waals surface area (Å²) in [6.07, 6.45) is 1.10. The Hall–Kier alpha value is -1.95. The topological polar surface area (TPSA) is 64.3 Å². The summed E-state index contributed by atoms with van der Waals surface area (Å²) in [6.45, 7) is 13.1. The van der Waals surface area contributed by atoms with Crippen molar-refractivity contribution in [3.63, 3.8) is 0 Å². The summed E-state index contributed by atoms with van der Waals surface area (Å²) in [5.74, 6) is 0.0949. The van der Waals surface area contributed by atoms with E-state index in [9.17, 15) is 4.79 Å². The van der Waals surface area contributed by atoms with Gasteiger partial charge in [-0.2, -0.15) is 0 Å². The Labute approximate surface area is 188 Å². The van der Waals surface area contributed by atoms with Crippen molar-refractivity contribution in [3.05, 3.63) is 60.7 Å². The normalized spacial score (nSPS) is 24.0. The summed E-state index contributed by atoms with van der Waals surface area (Å²) in [5.41, 5.74) is 5.86. The number of nitrogens with two attached hydrogens (primary N) is 1. The van der Waals surface area contributed by atoms with Gasteiger partial charge in [-0.1, -0.05) is 88.4 Å². The zero-order chi connectivity index (χ0) is 22.9. The molecular formula is C26H38N2O2Si. The molecule has 2 aromatic carbocycles. The van der Waals surface area contributed by atoms with Gasteiger partial charge in [-0.25, -0.2) is 0 Å². The van der Waals surface area contributed by atoms with E-state index in [-0.39, 0.29) is 29.0 Å². The molecule has 1 aliphatic heterocycles. The molecule has 1 aliphatic rings. The molecule has 5 heteroatoms. The monoisotopic (exact) mass is 438 g/mol. The average Bonchev–Trinajstić information content (AvgIpc) is 3.04. The quantitative estimate of drug-likeness (QED) is 0.650. The zero-order valence-electron chi connectivity index (χ0n) is 19.8. The second-order valence-corrected chi connectivity index (χ2v) is 14.4. The van der Waals surface area contributed by atoms with Gasteiger partial charge in [0.15, 0.2) is 0 Å². The number of carbonyl (C=O) groups is 1. The van der Waals surface area contributed by atoms with Crippen molar-refractivity contribution in [3.8, 4) is 0 Å². The molecule has 0 aliphatic carbocycles. The number of benzene rings is 2. The van der Waals surface area contributed by atoms with E-state index in [2.05, 4.69) is 101 Å². The highest BCUT2D eigenvalue weighted by Gasteiger charge is 2.56. The summed E-state index contributed by atoms with van der Waals surface area (Å²) in [4.78, 5) is 12.5. The molecule has 4 atom stereocenters. The van der Waals surface area contributed by atoms with Crippen LogP contribution in [0.2, 0.25) is 5.04 Å². The van der Waals surface area contributed by atoms with Gasteiger partial charge in [-0.05, 0) is 35.7 Å². The fourth-order valence-electron chi connectivity index (χ4n) is 5.44. The second kappa shape index (κ2) is 8.89. The van der Waals surface area contributed by atoms with E-state index in [0.29, 0.717) is 6.42 Å². The predicted molar refractivity (Wildman–Crippen MR) is 131 cm³/mol. The Bertz CT molecular complexity index is 840. The minimum Gasteiger partial charge on any atom is -0.402 e. The average molecular weight is 439 g/mol. The summed E-state index contributed by atoms with van der Waals surface area (Å²) < 4.78 is 7.41. The standard InChI is InChI=1S/C26H38N2O2Si/c1-7-23(26(6)22(19(2)27)18-24(29)28-26)30-31(25(3,4)5,20-14-10-8-11-15-20)21-16-12-9-13-17-21/h8-17,19,22-23H,7,18,27H2,1-6H3,(H,28,29)/t19-,22-,23-,26+/m1/s1. The summed E-state index contributed by atoms with van der Waals surface area (Å²) in [7, 11) is -2.73. The third kappa shape index (κ3) is 4.23. The van der Waals surface area contributed by atoms with Gasteiger partial charge >= 0.3 is 0 Å². The zero-order valence-corrected chi connectivity index (χ0v) is 20.8. The van der Waals surface area contributed by atoms with Crippen LogP contribution in [0.25, 0.3) is 0 Å². The molecule has 0 saturated carbocycles. The highest BCUT2D eigenvalue weighted by molar-refractivity contribution is 6.99. The van der Waals surface area contributed by atoms with Crippen LogP contribution >= 0.6 is 0 Å². The molecule has 2 aromatic rings. The smallest absolute Gasteiger partial charge is 0.261 e. The molecule has 3 rings (SSSR count). The Morgan fingerprint density at radius 1 is 1.10 bits per heavy atom. The predicted octanol–water partition coefficient (Wildman–Crippen LogP) is 3.58. The first-order chi connectivity index (χ1) is 14.6. The van der Waals surface area contributed by atoms with Crippen molar-refractivity contribution >= 4 is 24.6 Å². The molecule has 1 fully saturated rings. The van der Waals surface area contributed by atoms with Gasteiger partial charge < -0.3 is 15.5 Å². The van der Waals surface area contributed by atoms with Gasteiger partial charge in [-0.15, -0.1) is 0 Å². The number of hydrogen-bond acceptors (Lipinski definition) is 3. The van der Waals surface area contributed by atoms with Gasteiger partial charge in [0.1, 0.15) is 0 Å². The SMILES string of the molecule is CC[C@@H](O[Si](c1ccccc1)(c1ccccc1)C(C)(C)C)[C@@]1(C)NC(=O)C[C@@H]1[C@@H](C)N. The van der Waals surface area contributed by atoms with E-state index < -0.39 is 13.9 Å². The van der Waals surface area contributed by atoms with E-state index in [1.54, 1.807) is 0 Å². The van der Waals surface area contributed by atoms with Crippen molar-refractivity contribution < 1.29 is 9.22 Å². The van der Waals surface area contributed by atoms with Crippen LogP contribution in [-0.4, -0.2) is 31.9 Å². The largest absolute Gasteiger partial charge is 0.402 e. The van der Waals surface area contributed by atoms with Crippen LogP contribution in [0, 0.1) is 5.92 Å². The second-order valence-electron chi connectivity index (χ2n) is 10.2. The van der Waals surface area contributed by atoms with Crippen LogP contribution in [0.5, 0.6) is 0 Å². The minimum atomic E-state index is -2.73. The maximum Gasteiger partial charge on any atom is 0.261 e. The lowest BCUT2D eigenvalue weighted by Crippen LogP contribution is -2.71. The van der Waals surface area contributed by atoms with Crippen LogP contribution in [0.3, 0.4) is 0 Å². The van der Waals surface area contributed by atoms with Gasteiger partial charge in [0.25, 0.3) is 8.32 Å². The van der Waals surface area contributed by atoms with Gasteiger partial charge in [0.05, 0.1) is 11.6 Å². The molecule has 3 N–H and O–H groups in total. The summed E-state index contributed by atoms with van der Waals surface area (Å²) >= 11 is 0. The number of carbonyl (C=O) groups excluding carboxylic acids is 1. The van der Waals surface area contributed by atoms with Crippen LogP contribution in [0.15, 0.2) is 60.7 Å². The van der Waals surface area contributed by atoms with Crippen molar-refractivity contribution in [1.82, 2.24) is 5.32 Å². The Balaban J connectivity index is 2.19. The van der Waals surface area contributed by atoms with Crippen LogP contribution in [0.1, 0.15) is 54.4 Å².